The number of aromatic nitrogens is 1. The molecule has 1 aromatic heterocycles. The maximum absolute atomic E-state index is 12.2. The van der Waals surface area contributed by atoms with Gasteiger partial charge in [0.15, 0.2) is 0 Å². The van der Waals surface area contributed by atoms with Gasteiger partial charge < -0.3 is 15.0 Å². The fraction of sp³-hybridized carbons (Fsp3) is 0.353. The maximum atomic E-state index is 12.2. The molecule has 0 spiro atoms. The molecule has 2 aromatic rings. The van der Waals surface area contributed by atoms with E-state index in [9.17, 15) is 9.90 Å². The van der Waals surface area contributed by atoms with E-state index >= 15 is 0 Å². The number of aliphatic hydroxyl groups is 1. The van der Waals surface area contributed by atoms with Gasteiger partial charge in [0.1, 0.15) is 0 Å². The van der Waals surface area contributed by atoms with Crippen molar-refractivity contribution in [1.29, 1.82) is 0 Å². The van der Waals surface area contributed by atoms with Crippen LogP contribution < -0.4 is 5.32 Å². The van der Waals surface area contributed by atoms with Crippen molar-refractivity contribution in [1.82, 2.24) is 9.88 Å². The number of benzene rings is 1. The number of carbonyl (C=O) groups is 1. The van der Waals surface area contributed by atoms with Crippen molar-refractivity contribution >= 4 is 5.91 Å². The molecule has 1 heterocycles. The Bertz CT molecular complexity index is 631. The molecule has 0 aliphatic heterocycles. The summed E-state index contributed by atoms with van der Waals surface area (Å²) in [5.74, 6) is -0.0877. The summed E-state index contributed by atoms with van der Waals surface area (Å²) in [6.07, 6.45) is 1.82. The number of carbonyl (C=O) groups excluding carboxylic acids is 1. The Kier molecular flexibility index (Phi) is 4.81. The molecule has 0 saturated heterocycles. The largest absolute Gasteiger partial charge is 0.387 e. The lowest BCUT2D eigenvalue weighted by Crippen LogP contribution is -2.26. The van der Waals surface area contributed by atoms with Crippen LogP contribution in [0.4, 0.5) is 0 Å². The summed E-state index contributed by atoms with van der Waals surface area (Å²) in [4.78, 5) is 12.2. The average Bonchev–Trinajstić information content (AvgIpc) is 2.87. The molecule has 0 aliphatic carbocycles. The van der Waals surface area contributed by atoms with E-state index in [1.54, 1.807) is 0 Å². The molecule has 1 amide bonds. The third-order valence-electron chi connectivity index (χ3n) is 3.67. The zero-order chi connectivity index (χ0) is 15.4. The minimum absolute atomic E-state index is 0.0877. The second-order valence-electron chi connectivity index (χ2n) is 5.42. The van der Waals surface area contributed by atoms with Gasteiger partial charge in [-0.3, -0.25) is 4.79 Å². The normalized spacial score (nSPS) is 12.2. The van der Waals surface area contributed by atoms with E-state index in [0.717, 1.165) is 16.8 Å². The van der Waals surface area contributed by atoms with E-state index in [0.29, 0.717) is 18.5 Å². The number of aryl methyl sites for hydroxylation is 3. The van der Waals surface area contributed by atoms with Crippen LogP contribution in [-0.2, 0) is 7.05 Å². The van der Waals surface area contributed by atoms with Crippen LogP contribution in [0.3, 0.4) is 0 Å². The van der Waals surface area contributed by atoms with Crippen LogP contribution in [0.5, 0.6) is 0 Å². The summed E-state index contributed by atoms with van der Waals surface area (Å²) in [6, 6.07) is 9.61. The second kappa shape index (κ2) is 6.59. The van der Waals surface area contributed by atoms with Gasteiger partial charge in [0.25, 0.3) is 5.91 Å². The van der Waals surface area contributed by atoms with Gasteiger partial charge in [-0.05, 0) is 44.0 Å². The second-order valence-corrected chi connectivity index (χ2v) is 5.42. The van der Waals surface area contributed by atoms with Crippen molar-refractivity contribution in [3.05, 3.63) is 58.9 Å². The first-order valence-electron chi connectivity index (χ1n) is 7.14. The molecule has 1 aromatic carbocycles. The first-order valence-corrected chi connectivity index (χ1v) is 7.14. The highest BCUT2D eigenvalue weighted by molar-refractivity contribution is 5.95. The summed E-state index contributed by atoms with van der Waals surface area (Å²) >= 11 is 0. The third-order valence-corrected chi connectivity index (χ3v) is 3.67. The fourth-order valence-corrected chi connectivity index (χ4v) is 2.37. The van der Waals surface area contributed by atoms with Crippen LogP contribution in [0, 0.1) is 13.8 Å². The highest BCUT2D eigenvalue weighted by Crippen LogP contribution is 2.16. The number of hydrogen-bond acceptors (Lipinski definition) is 2. The zero-order valence-corrected chi connectivity index (χ0v) is 12.8. The SMILES string of the molecule is Cc1ccc(C)c(C(=O)NCCC(O)c2cccn2C)c1. The standard InChI is InChI=1S/C17H22N2O2/c1-12-6-7-13(2)14(11-12)17(21)18-9-8-16(20)15-5-4-10-19(15)3/h4-7,10-11,16,20H,8-9H2,1-3H3,(H,18,21). The summed E-state index contributed by atoms with van der Waals surface area (Å²) in [7, 11) is 1.90. The van der Waals surface area contributed by atoms with Crippen LogP contribution in [0.2, 0.25) is 0 Å². The Balaban J connectivity index is 1.90. The fourth-order valence-electron chi connectivity index (χ4n) is 2.37. The molecule has 0 saturated carbocycles. The van der Waals surface area contributed by atoms with Crippen LogP contribution in [0.25, 0.3) is 0 Å². The summed E-state index contributed by atoms with van der Waals surface area (Å²) in [6.45, 7) is 4.33. The molecular weight excluding hydrogens is 264 g/mol. The van der Waals surface area contributed by atoms with Gasteiger partial charge in [-0.15, -0.1) is 0 Å². The maximum Gasteiger partial charge on any atom is 0.251 e. The van der Waals surface area contributed by atoms with Crippen molar-refractivity contribution in [2.24, 2.45) is 7.05 Å². The van der Waals surface area contributed by atoms with Crippen LogP contribution >= 0.6 is 0 Å². The molecule has 2 N–H and O–H groups in total. The molecule has 112 valence electrons. The molecule has 4 heteroatoms. The molecule has 0 bridgehead atoms. The number of aliphatic hydroxyl groups excluding tert-OH is 1. The molecule has 1 unspecified atom stereocenters. The average molecular weight is 286 g/mol. The number of nitrogens with zero attached hydrogens (tertiary/aromatic N) is 1. The molecule has 0 fully saturated rings. The lowest BCUT2D eigenvalue weighted by atomic mass is 10.0. The summed E-state index contributed by atoms with van der Waals surface area (Å²) in [5.41, 5.74) is 3.58. The number of amides is 1. The van der Waals surface area contributed by atoms with E-state index in [-0.39, 0.29) is 5.91 Å². The lowest BCUT2D eigenvalue weighted by Gasteiger charge is -2.13. The number of nitrogens with one attached hydrogen (secondary N) is 1. The van der Waals surface area contributed by atoms with E-state index in [2.05, 4.69) is 5.32 Å². The first-order chi connectivity index (χ1) is 9.99. The van der Waals surface area contributed by atoms with Gasteiger partial charge in [0.05, 0.1) is 6.10 Å². The predicted molar refractivity (Wildman–Crippen MR) is 83.2 cm³/mol. The minimum Gasteiger partial charge on any atom is -0.387 e. The van der Waals surface area contributed by atoms with Gasteiger partial charge in [-0.2, -0.15) is 0 Å². The van der Waals surface area contributed by atoms with E-state index < -0.39 is 6.10 Å². The van der Waals surface area contributed by atoms with Crippen molar-refractivity contribution in [2.75, 3.05) is 6.54 Å². The van der Waals surface area contributed by atoms with Crippen LogP contribution in [0.15, 0.2) is 36.5 Å². The molecule has 4 nitrogen and oxygen atoms in total. The van der Waals surface area contributed by atoms with E-state index in [1.807, 2.05) is 62.0 Å². The Morgan fingerprint density at radius 1 is 1.33 bits per heavy atom. The Hall–Kier alpha value is -2.07. The topological polar surface area (TPSA) is 54.3 Å². The van der Waals surface area contributed by atoms with E-state index in [4.69, 9.17) is 0 Å². The summed E-state index contributed by atoms with van der Waals surface area (Å²) < 4.78 is 1.89. The Labute approximate surface area is 125 Å². The van der Waals surface area contributed by atoms with Crippen molar-refractivity contribution in [3.63, 3.8) is 0 Å². The van der Waals surface area contributed by atoms with Gasteiger partial charge in [-0.1, -0.05) is 17.7 Å². The van der Waals surface area contributed by atoms with Crippen molar-refractivity contribution in [2.45, 2.75) is 26.4 Å². The third kappa shape index (κ3) is 3.73. The summed E-state index contributed by atoms with van der Waals surface area (Å²) in [5, 5.41) is 13.0. The highest BCUT2D eigenvalue weighted by atomic mass is 16.3. The Morgan fingerprint density at radius 2 is 2.10 bits per heavy atom. The molecule has 21 heavy (non-hydrogen) atoms. The van der Waals surface area contributed by atoms with Crippen molar-refractivity contribution in [3.8, 4) is 0 Å². The highest BCUT2D eigenvalue weighted by Gasteiger charge is 2.12. The van der Waals surface area contributed by atoms with Gasteiger partial charge >= 0.3 is 0 Å². The van der Waals surface area contributed by atoms with Gasteiger partial charge in [0, 0.05) is 31.0 Å². The Morgan fingerprint density at radius 3 is 2.76 bits per heavy atom. The molecule has 1 atom stereocenters. The van der Waals surface area contributed by atoms with Gasteiger partial charge in [0.2, 0.25) is 0 Å². The predicted octanol–water partition coefficient (Wildman–Crippen LogP) is 2.50. The number of hydrogen-bond donors (Lipinski definition) is 2. The van der Waals surface area contributed by atoms with Crippen molar-refractivity contribution < 1.29 is 9.90 Å². The van der Waals surface area contributed by atoms with Crippen LogP contribution in [0.1, 0.15) is 39.7 Å². The van der Waals surface area contributed by atoms with Crippen LogP contribution in [-0.4, -0.2) is 22.1 Å². The van der Waals surface area contributed by atoms with E-state index in [1.165, 1.54) is 0 Å². The minimum atomic E-state index is -0.566. The van der Waals surface area contributed by atoms with Gasteiger partial charge in [-0.25, -0.2) is 0 Å². The lowest BCUT2D eigenvalue weighted by molar-refractivity contribution is 0.0940. The smallest absolute Gasteiger partial charge is 0.251 e. The molecule has 2 rings (SSSR count). The quantitative estimate of drug-likeness (QED) is 0.887. The first kappa shape index (κ1) is 15.3. The monoisotopic (exact) mass is 286 g/mol. The molecular formula is C17H22N2O2. The molecule has 0 aliphatic rings. The number of rotatable bonds is 5. The molecule has 0 radical (unpaired) electrons. The zero-order valence-electron chi connectivity index (χ0n) is 12.8.